The third kappa shape index (κ3) is 5.86. The summed E-state index contributed by atoms with van der Waals surface area (Å²) in [6, 6.07) is 4.74. The smallest absolute Gasteiger partial charge is 0.405 e. The van der Waals surface area contributed by atoms with Crippen molar-refractivity contribution < 1.29 is 33.4 Å². The molecule has 0 aliphatic carbocycles. The Balaban J connectivity index is 1.65. The summed E-state index contributed by atoms with van der Waals surface area (Å²) in [4.78, 5) is 42.1. The van der Waals surface area contributed by atoms with Crippen LogP contribution in [0.25, 0.3) is 10.4 Å². The second kappa shape index (κ2) is 10.9. The van der Waals surface area contributed by atoms with Gasteiger partial charge in [-0.15, -0.1) is 11.3 Å². The highest BCUT2D eigenvalue weighted by Crippen LogP contribution is 2.33. The second-order valence-electron chi connectivity index (χ2n) is 8.35. The van der Waals surface area contributed by atoms with Crippen molar-refractivity contribution in [3.05, 3.63) is 41.0 Å². The molecule has 3 amide bonds. The van der Waals surface area contributed by atoms with E-state index in [1.165, 1.54) is 10.4 Å². The number of aliphatic hydroxyl groups excluding tert-OH is 1. The van der Waals surface area contributed by atoms with Crippen LogP contribution in [0.1, 0.15) is 38.0 Å². The van der Waals surface area contributed by atoms with Crippen molar-refractivity contribution in [2.24, 2.45) is 5.92 Å². The molecule has 2 aromatic rings. The van der Waals surface area contributed by atoms with E-state index in [0.29, 0.717) is 16.0 Å². The van der Waals surface area contributed by atoms with E-state index in [1.807, 2.05) is 0 Å². The second-order valence-corrected chi connectivity index (χ2v) is 9.20. The van der Waals surface area contributed by atoms with Gasteiger partial charge in [0.05, 0.1) is 16.5 Å². The maximum Gasteiger partial charge on any atom is 0.405 e. The number of alkyl halides is 2. The third-order valence-electron chi connectivity index (χ3n) is 5.56. The van der Waals surface area contributed by atoms with E-state index in [2.05, 4.69) is 15.6 Å². The molecule has 1 aromatic carbocycles. The van der Waals surface area contributed by atoms with Crippen LogP contribution in [0.4, 0.5) is 13.6 Å². The van der Waals surface area contributed by atoms with Gasteiger partial charge < -0.3 is 25.7 Å². The van der Waals surface area contributed by atoms with Crippen molar-refractivity contribution in [1.82, 2.24) is 20.5 Å². The van der Waals surface area contributed by atoms with E-state index >= 15 is 0 Å². The molecule has 0 saturated carbocycles. The SMILES string of the molecule is CC(C)[C@H](NC(=O)O)C(=O)N1C[C@H](O)C[C@H]1C(=O)NCc1ccc(-c2scnc2C(F)F)cc1. The predicted octanol–water partition coefficient (Wildman–Crippen LogP) is 2.62. The Labute approximate surface area is 198 Å². The third-order valence-corrected chi connectivity index (χ3v) is 6.45. The van der Waals surface area contributed by atoms with E-state index in [1.54, 1.807) is 38.1 Å². The van der Waals surface area contributed by atoms with Gasteiger partial charge in [0.1, 0.15) is 17.8 Å². The van der Waals surface area contributed by atoms with E-state index in [9.17, 15) is 28.3 Å². The van der Waals surface area contributed by atoms with Crippen molar-refractivity contribution in [1.29, 1.82) is 0 Å². The number of carbonyl (C=O) groups excluding carboxylic acids is 2. The van der Waals surface area contributed by atoms with Crippen LogP contribution < -0.4 is 10.6 Å². The largest absolute Gasteiger partial charge is 0.465 e. The number of carboxylic acid groups (broad SMARTS) is 1. The molecule has 0 spiro atoms. The van der Waals surface area contributed by atoms with Crippen LogP contribution in [0.2, 0.25) is 0 Å². The first kappa shape index (κ1) is 25.5. The number of likely N-dealkylation sites (tertiary alicyclic amines) is 1. The lowest BCUT2D eigenvalue weighted by molar-refractivity contribution is -0.140. The molecule has 4 N–H and O–H groups in total. The normalized spacial score (nSPS) is 18.9. The number of thiazole rings is 1. The number of rotatable bonds is 8. The number of aliphatic hydroxyl groups is 1. The first-order valence-electron chi connectivity index (χ1n) is 10.6. The Kier molecular flexibility index (Phi) is 8.15. The summed E-state index contributed by atoms with van der Waals surface area (Å²) < 4.78 is 26.1. The highest BCUT2D eigenvalue weighted by Gasteiger charge is 2.42. The maximum atomic E-state index is 13.1. The van der Waals surface area contributed by atoms with Crippen LogP contribution in [0.5, 0.6) is 0 Å². The lowest BCUT2D eigenvalue weighted by Crippen LogP contribution is -2.55. The minimum absolute atomic E-state index is 0.0379. The number of hydrogen-bond donors (Lipinski definition) is 4. The molecule has 9 nitrogen and oxygen atoms in total. The van der Waals surface area contributed by atoms with Crippen molar-refractivity contribution in [2.75, 3.05) is 6.54 Å². The molecule has 3 rings (SSSR count). The van der Waals surface area contributed by atoms with E-state index in [4.69, 9.17) is 5.11 Å². The van der Waals surface area contributed by atoms with Gasteiger partial charge in [-0.1, -0.05) is 38.1 Å². The molecule has 184 valence electrons. The molecule has 12 heteroatoms. The average molecular weight is 497 g/mol. The lowest BCUT2D eigenvalue weighted by Gasteiger charge is -2.29. The van der Waals surface area contributed by atoms with Crippen molar-refractivity contribution in [3.8, 4) is 10.4 Å². The summed E-state index contributed by atoms with van der Waals surface area (Å²) in [7, 11) is 0. The zero-order valence-corrected chi connectivity index (χ0v) is 19.4. The minimum atomic E-state index is -2.67. The number of amides is 3. The zero-order chi connectivity index (χ0) is 25.0. The summed E-state index contributed by atoms with van der Waals surface area (Å²) in [5.41, 5.74) is 2.40. The zero-order valence-electron chi connectivity index (χ0n) is 18.6. The highest BCUT2D eigenvalue weighted by molar-refractivity contribution is 7.13. The standard InChI is InChI=1S/C22H26F2N4O5S/c1-11(2)16(27-22(32)33)21(31)28-9-14(29)7-15(28)20(30)25-8-12-3-5-13(6-4-12)18-17(19(23)24)26-10-34-18/h3-6,10-11,14-16,19,27,29H,7-9H2,1-2H3,(H,25,30)(H,32,33)/t14-,15+,16+/m1/s1. The van der Waals surface area contributed by atoms with Gasteiger partial charge in [0.2, 0.25) is 11.8 Å². The average Bonchev–Trinajstić information content (AvgIpc) is 3.42. The minimum Gasteiger partial charge on any atom is -0.465 e. The molecule has 1 aromatic heterocycles. The number of nitrogens with one attached hydrogen (secondary N) is 2. The van der Waals surface area contributed by atoms with Gasteiger partial charge in [-0.3, -0.25) is 9.59 Å². The van der Waals surface area contributed by atoms with Crippen molar-refractivity contribution in [2.45, 2.75) is 51.4 Å². The molecule has 0 radical (unpaired) electrons. The maximum absolute atomic E-state index is 13.1. The number of halogens is 2. The monoisotopic (exact) mass is 496 g/mol. The van der Waals surface area contributed by atoms with Gasteiger partial charge in [-0.25, -0.2) is 18.6 Å². The van der Waals surface area contributed by atoms with E-state index in [0.717, 1.165) is 11.3 Å². The first-order valence-corrected chi connectivity index (χ1v) is 11.5. The number of aromatic nitrogens is 1. The number of hydrogen-bond acceptors (Lipinski definition) is 6. The fourth-order valence-electron chi connectivity index (χ4n) is 3.84. The molecule has 0 unspecified atom stereocenters. The van der Waals surface area contributed by atoms with Crippen molar-refractivity contribution >= 4 is 29.2 Å². The molecule has 0 bridgehead atoms. The van der Waals surface area contributed by atoms with Gasteiger partial charge in [0.15, 0.2) is 0 Å². The first-order chi connectivity index (χ1) is 16.1. The van der Waals surface area contributed by atoms with Crippen LogP contribution in [-0.2, 0) is 16.1 Å². The Morgan fingerprint density at radius 3 is 2.50 bits per heavy atom. The fraction of sp³-hybridized carbons (Fsp3) is 0.455. The van der Waals surface area contributed by atoms with Crippen LogP contribution in [0, 0.1) is 5.92 Å². The Bertz CT molecular complexity index is 1030. The Hall–Kier alpha value is -3.12. The number of benzene rings is 1. The molecule has 1 fully saturated rings. The number of β-amino-alcohol motifs (C(OH)–C–C–N with tert-alkyl or cyclic N) is 1. The number of nitrogens with zero attached hydrogens (tertiary/aromatic N) is 2. The van der Waals surface area contributed by atoms with Crippen molar-refractivity contribution in [3.63, 3.8) is 0 Å². The molecule has 3 atom stereocenters. The fourth-order valence-corrected chi connectivity index (χ4v) is 4.64. The highest BCUT2D eigenvalue weighted by atomic mass is 32.1. The van der Waals surface area contributed by atoms with E-state index in [-0.39, 0.29) is 31.1 Å². The van der Waals surface area contributed by atoms with Crippen LogP contribution in [0.3, 0.4) is 0 Å². The summed E-state index contributed by atoms with van der Waals surface area (Å²) in [5, 5.41) is 24.0. The van der Waals surface area contributed by atoms with Gasteiger partial charge in [0.25, 0.3) is 6.43 Å². The van der Waals surface area contributed by atoms with Gasteiger partial charge >= 0.3 is 6.09 Å². The predicted molar refractivity (Wildman–Crippen MR) is 120 cm³/mol. The van der Waals surface area contributed by atoms with Crippen LogP contribution >= 0.6 is 11.3 Å². The quantitative estimate of drug-likeness (QED) is 0.444. The summed E-state index contributed by atoms with van der Waals surface area (Å²) in [5.74, 6) is -1.40. The van der Waals surface area contributed by atoms with Crippen LogP contribution in [0.15, 0.2) is 29.8 Å². The molecular weight excluding hydrogens is 470 g/mol. The molecule has 2 heterocycles. The molecule has 34 heavy (non-hydrogen) atoms. The molecule has 1 aliphatic heterocycles. The number of carbonyl (C=O) groups is 3. The topological polar surface area (TPSA) is 132 Å². The van der Waals surface area contributed by atoms with Crippen LogP contribution in [-0.4, -0.2) is 62.7 Å². The summed E-state index contributed by atoms with van der Waals surface area (Å²) >= 11 is 1.12. The van der Waals surface area contributed by atoms with E-state index < -0.39 is 42.5 Å². The Morgan fingerprint density at radius 1 is 1.24 bits per heavy atom. The Morgan fingerprint density at radius 2 is 1.91 bits per heavy atom. The van der Waals surface area contributed by atoms with Gasteiger partial charge in [-0.05, 0) is 17.0 Å². The van der Waals surface area contributed by atoms with Gasteiger partial charge in [0, 0.05) is 19.5 Å². The summed E-state index contributed by atoms with van der Waals surface area (Å²) in [6.07, 6.45) is -4.89. The molecular formula is C22H26F2N4O5S. The van der Waals surface area contributed by atoms with Gasteiger partial charge in [-0.2, -0.15) is 0 Å². The molecule has 1 aliphatic rings. The summed E-state index contributed by atoms with van der Waals surface area (Å²) in [6.45, 7) is 3.41. The molecule has 1 saturated heterocycles. The lowest BCUT2D eigenvalue weighted by atomic mass is 10.0.